The first-order chi connectivity index (χ1) is 13.5. The van der Waals surface area contributed by atoms with E-state index in [0.29, 0.717) is 16.1 Å². The number of aromatic nitrogens is 2. The SMILES string of the molecule is N#Cc1c(-c2ccccc2)nc2sc(-c3ccc(Cl)cc3)c(O)c(=O)n2c1=O. The molecule has 6 nitrogen and oxygen atoms in total. The average Bonchev–Trinajstić information content (AvgIpc) is 2.71. The first-order valence-corrected chi connectivity index (χ1v) is 9.25. The summed E-state index contributed by atoms with van der Waals surface area (Å²) in [6.45, 7) is 0. The van der Waals surface area contributed by atoms with Gasteiger partial charge in [0.1, 0.15) is 11.6 Å². The third-order valence-corrected chi connectivity index (χ3v) is 5.47. The van der Waals surface area contributed by atoms with Crippen LogP contribution in [0.15, 0.2) is 64.2 Å². The third-order valence-electron chi connectivity index (χ3n) is 4.13. The van der Waals surface area contributed by atoms with Gasteiger partial charge in [-0.2, -0.15) is 5.26 Å². The molecule has 0 spiro atoms. The summed E-state index contributed by atoms with van der Waals surface area (Å²) in [7, 11) is 0. The van der Waals surface area contributed by atoms with Gasteiger partial charge < -0.3 is 5.11 Å². The van der Waals surface area contributed by atoms with E-state index in [1.165, 1.54) is 0 Å². The molecule has 0 aliphatic rings. The zero-order valence-corrected chi connectivity index (χ0v) is 15.7. The Balaban J connectivity index is 2.10. The number of nitrogens with zero attached hydrogens (tertiary/aromatic N) is 3. The standard InChI is InChI=1S/C20H10ClN3O3S/c21-13-8-6-12(7-9-13)17-16(25)19(27)24-18(26)14(10-22)15(23-20(24)28-17)11-4-2-1-3-5-11/h1-9,25H. The molecular weight excluding hydrogens is 398 g/mol. The van der Waals surface area contributed by atoms with Crippen LogP contribution >= 0.6 is 22.9 Å². The summed E-state index contributed by atoms with van der Waals surface area (Å²) in [5.74, 6) is -0.583. The zero-order chi connectivity index (χ0) is 19.8. The Morgan fingerprint density at radius 1 is 1.00 bits per heavy atom. The number of hydrogen-bond acceptors (Lipinski definition) is 6. The van der Waals surface area contributed by atoms with E-state index in [-0.39, 0.29) is 21.1 Å². The summed E-state index contributed by atoms with van der Waals surface area (Å²) in [4.78, 5) is 30.2. The number of hydrogen-bond donors (Lipinski definition) is 1. The van der Waals surface area contributed by atoms with Gasteiger partial charge in [-0.25, -0.2) is 9.38 Å². The smallest absolute Gasteiger partial charge is 0.303 e. The highest BCUT2D eigenvalue weighted by molar-refractivity contribution is 7.20. The van der Waals surface area contributed by atoms with Crippen molar-refractivity contribution in [2.45, 2.75) is 0 Å². The fourth-order valence-electron chi connectivity index (χ4n) is 2.79. The molecule has 8 heteroatoms. The van der Waals surface area contributed by atoms with E-state index in [0.717, 1.165) is 15.7 Å². The first kappa shape index (κ1) is 17.9. The number of fused-ring (bicyclic) bond motifs is 1. The predicted molar refractivity (Wildman–Crippen MR) is 108 cm³/mol. The number of benzene rings is 2. The molecule has 0 radical (unpaired) electrons. The second-order valence-corrected chi connectivity index (χ2v) is 7.24. The Labute approximate surface area is 167 Å². The summed E-state index contributed by atoms with van der Waals surface area (Å²) in [5, 5.41) is 20.4. The molecule has 136 valence electrons. The minimum atomic E-state index is -0.924. The van der Waals surface area contributed by atoms with Crippen LogP contribution in [0.25, 0.3) is 26.7 Å². The molecule has 2 aromatic carbocycles. The number of rotatable bonds is 2. The predicted octanol–water partition coefficient (Wildman–Crippen LogP) is 3.68. The highest BCUT2D eigenvalue weighted by Crippen LogP contribution is 2.33. The van der Waals surface area contributed by atoms with Crippen LogP contribution in [-0.2, 0) is 0 Å². The molecule has 2 heterocycles. The van der Waals surface area contributed by atoms with Crippen molar-refractivity contribution in [3.05, 3.63) is 85.9 Å². The van der Waals surface area contributed by atoms with Crippen LogP contribution in [0.3, 0.4) is 0 Å². The second-order valence-electron chi connectivity index (χ2n) is 5.83. The summed E-state index contributed by atoms with van der Waals surface area (Å²) in [6, 6.07) is 17.2. The van der Waals surface area contributed by atoms with E-state index >= 15 is 0 Å². The Kier molecular flexibility index (Phi) is 4.43. The number of nitriles is 1. The van der Waals surface area contributed by atoms with E-state index in [9.17, 15) is 20.0 Å². The molecule has 0 aliphatic carbocycles. The van der Waals surface area contributed by atoms with E-state index in [4.69, 9.17) is 11.6 Å². The molecule has 0 fully saturated rings. The van der Waals surface area contributed by atoms with Gasteiger partial charge in [0, 0.05) is 10.6 Å². The second kappa shape index (κ2) is 6.93. The fourth-order valence-corrected chi connectivity index (χ4v) is 3.93. The van der Waals surface area contributed by atoms with Crippen LogP contribution in [-0.4, -0.2) is 14.5 Å². The monoisotopic (exact) mass is 407 g/mol. The van der Waals surface area contributed by atoms with Crippen molar-refractivity contribution in [3.63, 3.8) is 0 Å². The maximum absolute atomic E-state index is 12.8. The molecule has 0 aliphatic heterocycles. The van der Waals surface area contributed by atoms with Crippen LogP contribution in [0.4, 0.5) is 0 Å². The molecule has 1 N–H and O–H groups in total. The van der Waals surface area contributed by atoms with E-state index in [2.05, 4.69) is 4.98 Å². The molecule has 2 aromatic heterocycles. The Hall–Kier alpha value is -3.47. The maximum atomic E-state index is 12.8. The van der Waals surface area contributed by atoms with Gasteiger partial charge in [-0.3, -0.25) is 9.59 Å². The van der Waals surface area contributed by atoms with E-state index < -0.39 is 16.9 Å². The molecule has 0 saturated heterocycles. The van der Waals surface area contributed by atoms with Gasteiger partial charge in [0.05, 0.1) is 10.6 Å². The maximum Gasteiger partial charge on any atom is 0.303 e. The number of aromatic hydroxyl groups is 1. The molecule has 0 atom stereocenters. The van der Waals surface area contributed by atoms with Crippen LogP contribution < -0.4 is 11.1 Å². The molecule has 0 bridgehead atoms. The molecule has 0 unspecified atom stereocenters. The lowest BCUT2D eigenvalue weighted by Gasteiger charge is -2.09. The Morgan fingerprint density at radius 2 is 1.68 bits per heavy atom. The quantitative estimate of drug-likeness (QED) is 0.546. The molecule has 4 rings (SSSR count). The molecular formula is C20H10ClN3O3S. The van der Waals surface area contributed by atoms with Gasteiger partial charge in [0.15, 0.2) is 0 Å². The van der Waals surface area contributed by atoms with E-state index in [1.807, 2.05) is 6.07 Å². The summed E-state index contributed by atoms with van der Waals surface area (Å²) < 4.78 is 0.727. The highest BCUT2D eigenvalue weighted by atomic mass is 35.5. The topological polar surface area (TPSA) is 95.5 Å². The summed E-state index contributed by atoms with van der Waals surface area (Å²) in [5.41, 5.74) is -0.660. The average molecular weight is 408 g/mol. The molecule has 0 saturated carbocycles. The minimum Gasteiger partial charge on any atom is -0.502 e. The van der Waals surface area contributed by atoms with Gasteiger partial charge in [-0.1, -0.05) is 65.4 Å². The van der Waals surface area contributed by atoms with Gasteiger partial charge in [-0.05, 0) is 17.7 Å². The van der Waals surface area contributed by atoms with Gasteiger partial charge in [-0.15, -0.1) is 0 Å². The lowest BCUT2D eigenvalue weighted by molar-refractivity contribution is 0.469. The van der Waals surface area contributed by atoms with Crippen LogP contribution in [0.2, 0.25) is 5.02 Å². The van der Waals surface area contributed by atoms with Gasteiger partial charge in [0.25, 0.3) is 5.56 Å². The highest BCUT2D eigenvalue weighted by Gasteiger charge is 2.20. The molecule has 0 amide bonds. The van der Waals surface area contributed by atoms with Crippen molar-refractivity contribution in [1.82, 2.24) is 9.38 Å². The summed E-state index contributed by atoms with van der Waals surface area (Å²) in [6.07, 6.45) is 0. The summed E-state index contributed by atoms with van der Waals surface area (Å²) >= 11 is 6.88. The van der Waals surface area contributed by atoms with E-state index in [1.54, 1.807) is 54.6 Å². The lowest BCUT2D eigenvalue weighted by Crippen LogP contribution is -2.29. The first-order valence-electron chi connectivity index (χ1n) is 8.05. The van der Waals surface area contributed by atoms with Crippen molar-refractivity contribution in [2.24, 2.45) is 0 Å². The van der Waals surface area contributed by atoms with Gasteiger partial charge >= 0.3 is 5.56 Å². The van der Waals surface area contributed by atoms with Crippen molar-refractivity contribution >= 4 is 27.9 Å². The normalized spacial score (nSPS) is 10.7. The largest absolute Gasteiger partial charge is 0.502 e. The minimum absolute atomic E-state index is 0.0793. The van der Waals surface area contributed by atoms with Crippen molar-refractivity contribution in [1.29, 1.82) is 5.26 Å². The Morgan fingerprint density at radius 3 is 2.32 bits per heavy atom. The fraction of sp³-hybridized carbons (Fsp3) is 0. The Bertz CT molecular complexity index is 1370. The molecule has 28 heavy (non-hydrogen) atoms. The number of halogens is 1. The van der Waals surface area contributed by atoms with Crippen molar-refractivity contribution < 1.29 is 5.11 Å². The van der Waals surface area contributed by atoms with Crippen molar-refractivity contribution in [2.75, 3.05) is 0 Å². The van der Waals surface area contributed by atoms with Crippen LogP contribution in [0.5, 0.6) is 5.75 Å². The van der Waals surface area contributed by atoms with Crippen LogP contribution in [0, 0.1) is 11.3 Å². The van der Waals surface area contributed by atoms with Crippen molar-refractivity contribution in [3.8, 4) is 33.5 Å². The third kappa shape index (κ3) is 2.85. The lowest BCUT2D eigenvalue weighted by atomic mass is 10.1. The van der Waals surface area contributed by atoms with Crippen LogP contribution in [0.1, 0.15) is 5.56 Å². The van der Waals surface area contributed by atoms with Gasteiger partial charge in [0.2, 0.25) is 10.7 Å². The zero-order valence-electron chi connectivity index (χ0n) is 14.1. The molecule has 4 aromatic rings.